The fourth-order valence-electron chi connectivity index (χ4n) is 2.78. The Bertz CT molecular complexity index is 668. The molecular formula is C18H24ClN3O2. The number of likely N-dealkylation sites (N-methyl/N-ethyl adjacent to an activating group) is 1. The number of benzene rings is 1. The lowest BCUT2D eigenvalue weighted by Crippen LogP contribution is -2.38. The molecule has 0 unspecified atom stereocenters. The molecule has 1 saturated carbocycles. The molecule has 1 aliphatic rings. The van der Waals surface area contributed by atoms with Gasteiger partial charge in [0.2, 0.25) is 5.91 Å². The molecule has 2 N–H and O–H groups in total. The van der Waals surface area contributed by atoms with Crippen LogP contribution in [0.4, 0.5) is 5.69 Å². The summed E-state index contributed by atoms with van der Waals surface area (Å²) in [6.45, 7) is 5.67. The third-order valence-corrected chi connectivity index (χ3v) is 4.82. The topological polar surface area (TPSA) is 61.4 Å². The van der Waals surface area contributed by atoms with E-state index >= 15 is 0 Å². The first kappa shape index (κ1) is 18.3. The molecule has 6 heteroatoms. The van der Waals surface area contributed by atoms with Crippen LogP contribution < -0.4 is 15.5 Å². The van der Waals surface area contributed by atoms with Crippen LogP contribution in [-0.2, 0) is 4.79 Å². The van der Waals surface area contributed by atoms with Crippen LogP contribution in [0.1, 0.15) is 35.2 Å². The van der Waals surface area contributed by atoms with Crippen LogP contribution in [0.25, 0.3) is 0 Å². The van der Waals surface area contributed by atoms with Crippen molar-refractivity contribution in [3.63, 3.8) is 0 Å². The van der Waals surface area contributed by atoms with Gasteiger partial charge in [0.05, 0.1) is 0 Å². The lowest BCUT2D eigenvalue weighted by molar-refractivity contribution is -0.117. The minimum absolute atomic E-state index is 0.0955. The van der Waals surface area contributed by atoms with Gasteiger partial charge in [0.15, 0.2) is 0 Å². The summed E-state index contributed by atoms with van der Waals surface area (Å²) >= 11 is 6.22. The Morgan fingerprint density at radius 3 is 2.58 bits per heavy atom. The number of carbonyl (C=O) groups is 2. The van der Waals surface area contributed by atoms with Crippen molar-refractivity contribution < 1.29 is 9.59 Å². The van der Waals surface area contributed by atoms with Crippen LogP contribution in [0.3, 0.4) is 0 Å². The molecule has 1 aromatic carbocycles. The van der Waals surface area contributed by atoms with Gasteiger partial charge in [-0.2, -0.15) is 0 Å². The third-order valence-electron chi connectivity index (χ3n) is 4.60. The molecule has 24 heavy (non-hydrogen) atoms. The highest BCUT2D eigenvalue weighted by Gasteiger charge is 2.25. The number of anilines is 1. The summed E-state index contributed by atoms with van der Waals surface area (Å²) in [5.74, 6) is -0.549. The fourth-order valence-corrected chi connectivity index (χ4v) is 2.99. The van der Waals surface area contributed by atoms with Crippen LogP contribution in [0.5, 0.6) is 0 Å². The van der Waals surface area contributed by atoms with E-state index < -0.39 is 0 Å². The van der Waals surface area contributed by atoms with E-state index in [1.54, 1.807) is 6.07 Å². The Hall–Kier alpha value is -2.01. The minimum Gasteiger partial charge on any atom is -0.371 e. The largest absolute Gasteiger partial charge is 0.371 e. The normalized spacial score (nSPS) is 13.8. The summed E-state index contributed by atoms with van der Waals surface area (Å²) in [6, 6.07) is 4.06. The van der Waals surface area contributed by atoms with Crippen LogP contribution in [-0.4, -0.2) is 38.5 Å². The zero-order valence-corrected chi connectivity index (χ0v) is 15.2. The standard InChI is InChI=1S/C18H24ClN3O2/c1-11(17(23)20-3)10-21-18(24)15-8-13(19)9-16(12(15)2)22(4)14-6-5-7-14/h8-9,14H,1,5-7,10H2,2-4H3,(H,20,23)(H,21,24). The number of carbonyl (C=O) groups excluding carboxylic acids is 2. The molecule has 0 atom stereocenters. The molecule has 1 aliphatic carbocycles. The second kappa shape index (κ2) is 7.71. The molecular weight excluding hydrogens is 326 g/mol. The number of hydrogen-bond acceptors (Lipinski definition) is 3. The van der Waals surface area contributed by atoms with Crippen molar-refractivity contribution in [3.8, 4) is 0 Å². The summed E-state index contributed by atoms with van der Waals surface area (Å²) in [6.07, 6.45) is 3.56. The van der Waals surface area contributed by atoms with E-state index in [2.05, 4.69) is 22.1 Å². The first-order valence-corrected chi connectivity index (χ1v) is 8.44. The second-order valence-electron chi connectivity index (χ2n) is 6.16. The SMILES string of the molecule is C=C(CNC(=O)c1cc(Cl)cc(N(C)C2CCC2)c1C)C(=O)NC. The van der Waals surface area contributed by atoms with Crippen molar-refractivity contribution >= 4 is 29.1 Å². The zero-order valence-electron chi connectivity index (χ0n) is 14.4. The Kier molecular flexibility index (Phi) is 5.89. The summed E-state index contributed by atoms with van der Waals surface area (Å²) < 4.78 is 0. The van der Waals surface area contributed by atoms with Crippen LogP contribution >= 0.6 is 11.6 Å². The zero-order chi connectivity index (χ0) is 17.9. The fraction of sp³-hybridized carbons (Fsp3) is 0.444. The molecule has 0 saturated heterocycles. The van der Waals surface area contributed by atoms with E-state index in [9.17, 15) is 9.59 Å². The molecule has 130 valence electrons. The predicted molar refractivity (Wildman–Crippen MR) is 97.8 cm³/mol. The molecule has 0 bridgehead atoms. The molecule has 0 heterocycles. The first-order valence-electron chi connectivity index (χ1n) is 8.06. The van der Waals surface area contributed by atoms with E-state index in [-0.39, 0.29) is 18.4 Å². The highest BCUT2D eigenvalue weighted by Crippen LogP contribution is 2.33. The van der Waals surface area contributed by atoms with Gasteiger partial charge in [-0.15, -0.1) is 0 Å². The molecule has 0 aromatic heterocycles. The average Bonchev–Trinajstić information content (AvgIpc) is 2.51. The molecule has 1 aromatic rings. The quantitative estimate of drug-likeness (QED) is 0.776. The lowest BCUT2D eigenvalue weighted by atomic mass is 9.91. The molecule has 5 nitrogen and oxygen atoms in total. The van der Waals surface area contributed by atoms with Gasteiger partial charge in [-0.05, 0) is 43.9 Å². The van der Waals surface area contributed by atoms with Gasteiger partial charge in [0.25, 0.3) is 5.91 Å². The number of halogens is 1. The molecule has 0 radical (unpaired) electrons. The Balaban J connectivity index is 2.17. The Morgan fingerprint density at radius 1 is 1.38 bits per heavy atom. The highest BCUT2D eigenvalue weighted by atomic mass is 35.5. The van der Waals surface area contributed by atoms with Gasteiger partial charge >= 0.3 is 0 Å². The summed E-state index contributed by atoms with van der Waals surface area (Å²) in [4.78, 5) is 26.1. The van der Waals surface area contributed by atoms with Gasteiger partial charge < -0.3 is 15.5 Å². The smallest absolute Gasteiger partial charge is 0.251 e. The Labute approximate surface area is 148 Å². The number of nitrogens with one attached hydrogen (secondary N) is 2. The minimum atomic E-state index is -0.288. The number of amides is 2. The van der Waals surface area contributed by atoms with Gasteiger partial charge in [-0.3, -0.25) is 9.59 Å². The summed E-state index contributed by atoms with van der Waals surface area (Å²) in [7, 11) is 3.57. The second-order valence-corrected chi connectivity index (χ2v) is 6.59. The lowest BCUT2D eigenvalue weighted by Gasteiger charge is -2.37. The van der Waals surface area contributed by atoms with Crippen molar-refractivity contribution in [2.24, 2.45) is 0 Å². The highest BCUT2D eigenvalue weighted by molar-refractivity contribution is 6.31. The van der Waals surface area contributed by atoms with Crippen LogP contribution in [0.2, 0.25) is 5.02 Å². The van der Waals surface area contributed by atoms with Gasteiger partial charge in [-0.25, -0.2) is 0 Å². The first-order chi connectivity index (χ1) is 11.3. The van der Waals surface area contributed by atoms with Gasteiger partial charge in [0.1, 0.15) is 0 Å². The average molecular weight is 350 g/mol. The van der Waals surface area contributed by atoms with Crippen LogP contribution in [0, 0.1) is 6.92 Å². The summed E-state index contributed by atoms with van der Waals surface area (Å²) in [5, 5.41) is 5.73. The van der Waals surface area contributed by atoms with E-state index in [1.807, 2.05) is 20.0 Å². The molecule has 1 fully saturated rings. The molecule has 2 amide bonds. The van der Waals surface area contributed by atoms with E-state index in [1.165, 1.54) is 13.5 Å². The van der Waals surface area contributed by atoms with E-state index in [0.29, 0.717) is 22.2 Å². The van der Waals surface area contributed by atoms with Crippen molar-refractivity contribution in [1.82, 2.24) is 10.6 Å². The third kappa shape index (κ3) is 3.90. The maximum Gasteiger partial charge on any atom is 0.251 e. The molecule has 0 spiro atoms. The van der Waals surface area contributed by atoms with Crippen LogP contribution in [0.15, 0.2) is 24.3 Å². The van der Waals surface area contributed by atoms with Crippen molar-refractivity contribution in [2.75, 3.05) is 25.5 Å². The van der Waals surface area contributed by atoms with E-state index in [4.69, 9.17) is 11.6 Å². The van der Waals surface area contributed by atoms with Crippen molar-refractivity contribution in [1.29, 1.82) is 0 Å². The monoisotopic (exact) mass is 349 g/mol. The maximum atomic E-state index is 12.5. The van der Waals surface area contributed by atoms with E-state index in [0.717, 1.165) is 24.1 Å². The number of nitrogens with zero attached hydrogens (tertiary/aromatic N) is 1. The van der Waals surface area contributed by atoms with Crippen molar-refractivity contribution in [2.45, 2.75) is 32.2 Å². The Morgan fingerprint density at radius 2 is 2.04 bits per heavy atom. The molecule has 0 aliphatic heterocycles. The van der Waals surface area contributed by atoms with Gasteiger partial charge in [-0.1, -0.05) is 18.2 Å². The maximum absolute atomic E-state index is 12.5. The summed E-state index contributed by atoms with van der Waals surface area (Å²) in [5.41, 5.74) is 2.69. The number of rotatable bonds is 6. The van der Waals surface area contributed by atoms with Gasteiger partial charge in [0, 0.05) is 48.5 Å². The molecule has 2 rings (SSSR count). The predicted octanol–water partition coefficient (Wildman–Crippen LogP) is 2.67. The number of hydrogen-bond donors (Lipinski definition) is 2. The van der Waals surface area contributed by atoms with Crippen molar-refractivity contribution in [3.05, 3.63) is 40.4 Å².